The van der Waals surface area contributed by atoms with Gasteiger partial charge in [0.25, 0.3) is 0 Å². The van der Waals surface area contributed by atoms with Crippen molar-refractivity contribution in [3.63, 3.8) is 0 Å². The van der Waals surface area contributed by atoms with E-state index in [4.69, 9.17) is 0 Å². The molecule has 0 amide bonds. The van der Waals surface area contributed by atoms with Crippen LogP contribution < -0.4 is 10.2 Å². The van der Waals surface area contributed by atoms with Crippen LogP contribution in [0.25, 0.3) is 0 Å². The van der Waals surface area contributed by atoms with Gasteiger partial charge in [-0.1, -0.05) is 12.1 Å². The maximum Gasteiger partial charge on any atom is 0.323 e. The summed E-state index contributed by atoms with van der Waals surface area (Å²) >= 11 is 0. The Morgan fingerprint density at radius 3 is 2.60 bits per heavy atom. The van der Waals surface area contributed by atoms with E-state index in [9.17, 15) is 9.90 Å². The molecule has 4 nitrogen and oxygen atoms in total. The number of carboxylic acid groups (broad SMARTS) is 1. The maximum atomic E-state index is 11.4. The first-order valence-corrected chi connectivity index (χ1v) is 7.09. The van der Waals surface area contributed by atoms with Crippen molar-refractivity contribution in [1.29, 1.82) is 0 Å². The zero-order chi connectivity index (χ0) is 15.3. The Kier molecular flexibility index (Phi) is 5.57. The van der Waals surface area contributed by atoms with Gasteiger partial charge in [-0.3, -0.25) is 4.79 Å². The molecular formula is C16H26N2O2. The summed E-state index contributed by atoms with van der Waals surface area (Å²) in [6.07, 6.45) is 0.542. The summed E-state index contributed by atoms with van der Waals surface area (Å²) < 4.78 is 0. The summed E-state index contributed by atoms with van der Waals surface area (Å²) in [4.78, 5) is 13.6. The number of nitrogens with zero attached hydrogens (tertiary/aromatic N) is 1. The molecule has 0 aliphatic carbocycles. The molecule has 0 saturated carbocycles. The fourth-order valence-corrected chi connectivity index (χ4v) is 2.55. The van der Waals surface area contributed by atoms with E-state index < -0.39 is 11.5 Å². The molecule has 2 unspecified atom stereocenters. The van der Waals surface area contributed by atoms with Crippen molar-refractivity contribution < 1.29 is 9.90 Å². The SMILES string of the molecule is CCN(c1cccc(C)c1)C(C)CC(C)(NC)C(=O)O. The van der Waals surface area contributed by atoms with Crippen molar-refractivity contribution in [3.05, 3.63) is 29.8 Å². The van der Waals surface area contributed by atoms with Gasteiger partial charge in [-0.25, -0.2) is 0 Å². The van der Waals surface area contributed by atoms with Gasteiger partial charge in [-0.2, -0.15) is 0 Å². The van der Waals surface area contributed by atoms with Crippen LogP contribution in [0, 0.1) is 6.92 Å². The molecule has 0 aliphatic rings. The first-order valence-electron chi connectivity index (χ1n) is 7.09. The molecule has 0 fully saturated rings. The van der Waals surface area contributed by atoms with Crippen molar-refractivity contribution in [1.82, 2.24) is 5.32 Å². The number of likely N-dealkylation sites (N-methyl/N-ethyl adjacent to an activating group) is 1. The highest BCUT2D eigenvalue weighted by molar-refractivity contribution is 5.78. The van der Waals surface area contributed by atoms with Gasteiger partial charge >= 0.3 is 5.97 Å². The molecule has 112 valence electrons. The van der Waals surface area contributed by atoms with Gasteiger partial charge in [0.2, 0.25) is 0 Å². The zero-order valence-corrected chi connectivity index (χ0v) is 13.1. The quantitative estimate of drug-likeness (QED) is 0.805. The van der Waals surface area contributed by atoms with Crippen molar-refractivity contribution in [3.8, 4) is 0 Å². The third kappa shape index (κ3) is 3.73. The smallest absolute Gasteiger partial charge is 0.323 e. The van der Waals surface area contributed by atoms with Gasteiger partial charge in [0, 0.05) is 18.3 Å². The van der Waals surface area contributed by atoms with E-state index >= 15 is 0 Å². The molecule has 0 heterocycles. The minimum absolute atomic E-state index is 0.135. The Bertz CT molecular complexity index is 462. The number of carboxylic acids is 1. The first kappa shape index (κ1) is 16.5. The number of nitrogens with one attached hydrogen (secondary N) is 1. The number of hydrogen-bond acceptors (Lipinski definition) is 3. The van der Waals surface area contributed by atoms with Crippen LogP contribution in [0.1, 0.15) is 32.8 Å². The fourth-order valence-electron chi connectivity index (χ4n) is 2.55. The van der Waals surface area contributed by atoms with Gasteiger partial charge in [0.05, 0.1) is 0 Å². The minimum Gasteiger partial charge on any atom is -0.480 e. The van der Waals surface area contributed by atoms with E-state index in [0.29, 0.717) is 6.42 Å². The third-order valence-electron chi connectivity index (χ3n) is 3.93. The van der Waals surface area contributed by atoms with E-state index in [1.54, 1.807) is 14.0 Å². The summed E-state index contributed by atoms with van der Waals surface area (Å²) in [5, 5.41) is 12.3. The number of carbonyl (C=O) groups is 1. The summed E-state index contributed by atoms with van der Waals surface area (Å²) in [5.74, 6) is -0.813. The molecule has 0 saturated heterocycles. The molecule has 20 heavy (non-hydrogen) atoms. The molecule has 0 radical (unpaired) electrons. The van der Waals surface area contributed by atoms with Crippen molar-refractivity contribution >= 4 is 11.7 Å². The molecule has 1 aromatic rings. The highest BCUT2D eigenvalue weighted by Gasteiger charge is 2.34. The second kappa shape index (κ2) is 6.75. The zero-order valence-electron chi connectivity index (χ0n) is 13.1. The first-order chi connectivity index (χ1) is 9.34. The number of aliphatic carboxylic acids is 1. The van der Waals surface area contributed by atoms with Gasteiger partial charge in [-0.15, -0.1) is 0 Å². The Morgan fingerprint density at radius 2 is 2.15 bits per heavy atom. The van der Waals surface area contributed by atoms with Crippen LogP contribution in [0.2, 0.25) is 0 Å². The lowest BCUT2D eigenvalue weighted by atomic mass is 9.93. The maximum absolute atomic E-state index is 11.4. The summed E-state index contributed by atoms with van der Waals surface area (Å²) in [6.45, 7) is 8.82. The topological polar surface area (TPSA) is 52.6 Å². The van der Waals surface area contributed by atoms with Crippen LogP contribution in [0.15, 0.2) is 24.3 Å². The van der Waals surface area contributed by atoms with E-state index in [1.807, 2.05) is 6.07 Å². The summed E-state index contributed by atoms with van der Waals surface area (Å²) in [7, 11) is 1.70. The average Bonchev–Trinajstić information content (AvgIpc) is 2.39. The second-order valence-corrected chi connectivity index (χ2v) is 5.57. The number of benzene rings is 1. The molecule has 2 N–H and O–H groups in total. The van der Waals surface area contributed by atoms with Crippen LogP contribution in [-0.2, 0) is 4.79 Å². The number of aryl methyl sites for hydroxylation is 1. The molecule has 1 rings (SSSR count). The molecule has 0 spiro atoms. The van der Waals surface area contributed by atoms with Crippen molar-refractivity contribution in [2.75, 3.05) is 18.5 Å². The summed E-state index contributed by atoms with van der Waals surface area (Å²) in [5.41, 5.74) is 1.45. The van der Waals surface area contributed by atoms with Crippen LogP contribution in [0.5, 0.6) is 0 Å². The number of anilines is 1. The predicted octanol–water partition coefficient (Wildman–Crippen LogP) is 2.66. The Morgan fingerprint density at radius 1 is 1.50 bits per heavy atom. The molecule has 1 aromatic carbocycles. The van der Waals surface area contributed by atoms with E-state index in [-0.39, 0.29) is 6.04 Å². The van der Waals surface area contributed by atoms with Crippen molar-refractivity contribution in [2.45, 2.75) is 45.7 Å². The van der Waals surface area contributed by atoms with E-state index in [2.05, 4.69) is 49.2 Å². The lowest BCUT2D eigenvalue weighted by Crippen LogP contribution is -2.52. The fraction of sp³-hybridized carbons (Fsp3) is 0.562. The number of hydrogen-bond donors (Lipinski definition) is 2. The number of rotatable bonds is 7. The largest absolute Gasteiger partial charge is 0.480 e. The lowest BCUT2D eigenvalue weighted by molar-refractivity contribution is -0.144. The second-order valence-electron chi connectivity index (χ2n) is 5.57. The van der Waals surface area contributed by atoms with Gasteiger partial charge < -0.3 is 15.3 Å². The average molecular weight is 278 g/mol. The third-order valence-corrected chi connectivity index (χ3v) is 3.93. The van der Waals surface area contributed by atoms with Crippen LogP contribution >= 0.6 is 0 Å². The molecule has 4 heteroatoms. The lowest BCUT2D eigenvalue weighted by Gasteiger charge is -2.35. The Hall–Kier alpha value is -1.55. The molecular weight excluding hydrogens is 252 g/mol. The molecule has 2 atom stereocenters. The van der Waals surface area contributed by atoms with Gasteiger partial charge in [0.1, 0.15) is 5.54 Å². The highest BCUT2D eigenvalue weighted by Crippen LogP contribution is 2.23. The normalized spacial score (nSPS) is 15.4. The standard InChI is InChI=1S/C16H26N2O2/c1-6-18(14-9-7-8-12(2)10-14)13(3)11-16(4,17-5)15(19)20/h7-10,13,17H,6,11H2,1-5H3,(H,19,20). The molecule has 0 aliphatic heterocycles. The van der Waals surface area contributed by atoms with Crippen LogP contribution in [0.3, 0.4) is 0 Å². The van der Waals surface area contributed by atoms with E-state index in [1.165, 1.54) is 5.56 Å². The van der Waals surface area contributed by atoms with E-state index in [0.717, 1.165) is 12.2 Å². The Balaban J connectivity index is 2.93. The van der Waals surface area contributed by atoms with Crippen molar-refractivity contribution in [2.24, 2.45) is 0 Å². The van der Waals surface area contributed by atoms with Gasteiger partial charge in [0.15, 0.2) is 0 Å². The highest BCUT2D eigenvalue weighted by atomic mass is 16.4. The minimum atomic E-state index is -0.906. The summed E-state index contributed by atoms with van der Waals surface area (Å²) in [6, 6.07) is 8.45. The monoisotopic (exact) mass is 278 g/mol. The predicted molar refractivity (Wildman–Crippen MR) is 83.4 cm³/mol. The molecule has 0 aromatic heterocycles. The Labute approximate surface area is 121 Å². The van der Waals surface area contributed by atoms with Crippen LogP contribution in [0.4, 0.5) is 5.69 Å². The molecule has 0 bridgehead atoms. The van der Waals surface area contributed by atoms with Crippen LogP contribution in [-0.4, -0.2) is 36.2 Å². The van der Waals surface area contributed by atoms with Gasteiger partial charge in [-0.05, 0) is 58.9 Å².